The van der Waals surface area contributed by atoms with Gasteiger partial charge in [0.2, 0.25) is 0 Å². The van der Waals surface area contributed by atoms with Crippen LogP contribution in [0.25, 0.3) is 5.65 Å². The zero-order valence-corrected chi connectivity index (χ0v) is 11.5. The summed E-state index contributed by atoms with van der Waals surface area (Å²) in [5, 5.41) is 15.6. The zero-order chi connectivity index (χ0) is 13.4. The quantitative estimate of drug-likeness (QED) is 0.837. The molecule has 0 spiro atoms. The van der Waals surface area contributed by atoms with Gasteiger partial charge in [-0.15, -0.1) is 10.2 Å². The SMILES string of the molecule is c1cn2c(C3CCCN3)nnc2cc1N1CCNCC1. The Balaban J connectivity index is 1.66. The van der Waals surface area contributed by atoms with Gasteiger partial charge < -0.3 is 15.5 Å². The Labute approximate surface area is 118 Å². The third kappa shape index (κ3) is 2.05. The first-order valence-corrected chi connectivity index (χ1v) is 7.45. The Kier molecular flexibility index (Phi) is 3.05. The lowest BCUT2D eigenvalue weighted by molar-refractivity contribution is 0.588. The zero-order valence-electron chi connectivity index (χ0n) is 11.5. The maximum Gasteiger partial charge on any atom is 0.162 e. The van der Waals surface area contributed by atoms with Gasteiger partial charge >= 0.3 is 0 Å². The summed E-state index contributed by atoms with van der Waals surface area (Å²) in [6.07, 6.45) is 4.49. The van der Waals surface area contributed by atoms with Crippen LogP contribution in [-0.2, 0) is 0 Å². The number of rotatable bonds is 2. The lowest BCUT2D eigenvalue weighted by Gasteiger charge is -2.29. The molecular formula is C14H20N6. The van der Waals surface area contributed by atoms with Gasteiger partial charge in [-0.3, -0.25) is 4.40 Å². The average Bonchev–Trinajstić information content (AvgIpc) is 3.16. The van der Waals surface area contributed by atoms with Crippen molar-refractivity contribution in [2.75, 3.05) is 37.6 Å². The fourth-order valence-corrected chi connectivity index (χ4v) is 3.16. The number of piperazine rings is 1. The van der Waals surface area contributed by atoms with Gasteiger partial charge in [0, 0.05) is 44.1 Å². The predicted octanol–water partition coefficient (Wildman–Crippen LogP) is 0.563. The van der Waals surface area contributed by atoms with Gasteiger partial charge in [-0.1, -0.05) is 0 Å². The molecule has 2 aliphatic heterocycles. The van der Waals surface area contributed by atoms with E-state index in [4.69, 9.17) is 0 Å². The predicted molar refractivity (Wildman–Crippen MR) is 78.0 cm³/mol. The van der Waals surface area contributed by atoms with Crippen molar-refractivity contribution >= 4 is 11.3 Å². The molecule has 2 aliphatic rings. The highest BCUT2D eigenvalue weighted by Crippen LogP contribution is 2.24. The monoisotopic (exact) mass is 272 g/mol. The van der Waals surface area contributed by atoms with Crippen LogP contribution >= 0.6 is 0 Å². The van der Waals surface area contributed by atoms with Gasteiger partial charge in [0.1, 0.15) is 0 Å². The topological polar surface area (TPSA) is 57.5 Å². The fraction of sp³-hybridized carbons (Fsp3) is 0.571. The normalized spacial score (nSPS) is 23.6. The minimum Gasteiger partial charge on any atom is -0.369 e. The highest BCUT2D eigenvalue weighted by molar-refractivity contribution is 5.56. The van der Waals surface area contributed by atoms with Crippen molar-refractivity contribution in [3.63, 3.8) is 0 Å². The van der Waals surface area contributed by atoms with E-state index in [1.807, 2.05) is 0 Å². The summed E-state index contributed by atoms with van der Waals surface area (Å²) in [7, 11) is 0. The van der Waals surface area contributed by atoms with Crippen LogP contribution in [0.15, 0.2) is 18.3 Å². The number of hydrogen-bond donors (Lipinski definition) is 2. The Hall–Kier alpha value is -1.66. The maximum atomic E-state index is 4.38. The first kappa shape index (κ1) is 12.1. The summed E-state index contributed by atoms with van der Waals surface area (Å²) in [6.45, 7) is 5.30. The highest BCUT2D eigenvalue weighted by atomic mass is 15.3. The Morgan fingerprint density at radius 3 is 2.85 bits per heavy atom. The van der Waals surface area contributed by atoms with E-state index in [1.54, 1.807) is 0 Å². The van der Waals surface area contributed by atoms with Crippen molar-refractivity contribution in [3.05, 3.63) is 24.2 Å². The minimum atomic E-state index is 0.357. The van der Waals surface area contributed by atoms with Gasteiger partial charge in [-0.05, 0) is 25.5 Å². The second-order valence-corrected chi connectivity index (χ2v) is 5.56. The highest BCUT2D eigenvalue weighted by Gasteiger charge is 2.22. The molecule has 0 aromatic carbocycles. The molecule has 2 N–H and O–H groups in total. The molecule has 0 bridgehead atoms. The van der Waals surface area contributed by atoms with E-state index in [2.05, 4.69) is 48.5 Å². The molecule has 4 rings (SSSR count). The van der Waals surface area contributed by atoms with E-state index in [1.165, 1.54) is 12.1 Å². The van der Waals surface area contributed by atoms with Crippen molar-refractivity contribution in [1.82, 2.24) is 25.2 Å². The van der Waals surface area contributed by atoms with Crippen molar-refractivity contribution in [1.29, 1.82) is 0 Å². The van der Waals surface area contributed by atoms with Gasteiger partial charge in [0.15, 0.2) is 11.5 Å². The Morgan fingerprint density at radius 1 is 1.15 bits per heavy atom. The van der Waals surface area contributed by atoms with Gasteiger partial charge in [-0.2, -0.15) is 0 Å². The number of nitrogens with one attached hydrogen (secondary N) is 2. The van der Waals surface area contributed by atoms with Crippen molar-refractivity contribution in [2.45, 2.75) is 18.9 Å². The number of fused-ring (bicyclic) bond motifs is 1. The second-order valence-electron chi connectivity index (χ2n) is 5.56. The smallest absolute Gasteiger partial charge is 0.162 e. The molecule has 0 amide bonds. The van der Waals surface area contributed by atoms with E-state index in [9.17, 15) is 0 Å². The number of nitrogens with zero attached hydrogens (tertiary/aromatic N) is 4. The molecule has 0 aliphatic carbocycles. The van der Waals surface area contributed by atoms with Crippen molar-refractivity contribution < 1.29 is 0 Å². The Morgan fingerprint density at radius 2 is 2.05 bits per heavy atom. The van der Waals surface area contributed by atoms with E-state index >= 15 is 0 Å². The van der Waals surface area contributed by atoms with E-state index in [-0.39, 0.29) is 0 Å². The van der Waals surface area contributed by atoms with Crippen LogP contribution < -0.4 is 15.5 Å². The van der Waals surface area contributed by atoms with E-state index in [0.717, 1.165) is 50.6 Å². The molecule has 2 saturated heterocycles. The molecule has 6 nitrogen and oxygen atoms in total. The van der Waals surface area contributed by atoms with E-state index < -0.39 is 0 Å². The standard InChI is InChI=1S/C14H20N6/c1-2-12(16-4-1)14-18-17-13-10-11(3-7-20(13)14)19-8-5-15-6-9-19/h3,7,10,12,15-16H,1-2,4-6,8-9H2. The van der Waals surface area contributed by atoms with Crippen LogP contribution in [0.3, 0.4) is 0 Å². The summed E-state index contributed by atoms with van der Waals surface area (Å²) in [5.41, 5.74) is 2.20. The lowest BCUT2D eigenvalue weighted by Crippen LogP contribution is -2.43. The van der Waals surface area contributed by atoms with Crippen LogP contribution in [0.1, 0.15) is 24.7 Å². The van der Waals surface area contributed by atoms with Crippen LogP contribution in [0.5, 0.6) is 0 Å². The van der Waals surface area contributed by atoms with Crippen LogP contribution in [0.2, 0.25) is 0 Å². The molecule has 106 valence electrons. The molecule has 2 aromatic rings. The van der Waals surface area contributed by atoms with Gasteiger partial charge in [0.05, 0.1) is 6.04 Å². The fourth-order valence-electron chi connectivity index (χ4n) is 3.16. The summed E-state index contributed by atoms with van der Waals surface area (Å²) in [5.74, 6) is 1.05. The number of aromatic nitrogens is 3. The van der Waals surface area contributed by atoms with Gasteiger partial charge in [0.25, 0.3) is 0 Å². The largest absolute Gasteiger partial charge is 0.369 e. The van der Waals surface area contributed by atoms with Gasteiger partial charge in [-0.25, -0.2) is 0 Å². The number of anilines is 1. The average molecular weight is 272 g/mol. The molecule has 20 heavy (non-hydrogen) atoms. The summed E-state index contributed by atoms with van der Waals surface area (Å²) in [6, 6.07) is 4.69. The molecular weight excluding hydrogens is 252 g/mol. The first-order chi connectivity index (χ1) is 9.92. The summed E-state index contributed by atoms with van der Waals surface area (Å²) < 4.78 is 2.12. The second kappa shape index (κ2) is 5.03. The van der Waals surface area contributed by atoms with Crippen molar-refractivity contribution in [2.24, 2.45) is 0 Å². The third-order valence-electron chi connectivity index (χ3n) is 4.27. The first-order valence-electron chi connectivity index (χ1n) is 7.45. The lowest BCUT2D eigenvalue weighted by atomic mass is 10.2. The summed E-state index contributed by atoms with van der Waals surface area (Å²) in [4.78, 5) is 2.40. The maximum absolute atomic E-state index is 4.38. The molecule has 1 unspecified atom stereocenters. The number of hydrogen-bond acceptors (Lipinski definition) is 5. The molecule has 1 atom stereocenters. The summed E-state index contributed by atoms with van der Waals surface area (Å²) >= 11 is 0. The molecule has 2 fully saturated rings. The van der Waals surface area contributed by atoms with Crippen LogP contribution in [0, 0.1) is 0 Å². The molecule has 6 heteroatoms. The minimum absolute atomic E-state index is 0.357. The third-order valence-corrected chi connectivity index (χ3v) is 4.27. The molecule has 0 radical (unpaired) electrons. The van der Waals surface area contributed by atoms with Crippen LogP contribution in [0.4, 0.5) is 5.69 Å². The molecule has 0 saturated carbocycles. The van der Waals surface area contributed by atoms with Crippen molar-refractivity contribution in [3.8, 4) is 0 Å². The Bertz CT molecular complexity index is 595. The van der Waals surface area contributed by atoms with E-state index in [0.29, 0.717) is 6.04 Å². The number of pyridine rings is 1. The molecule has 4 heterocycles. The molecule has 2 aromatic heterocycles. The van der Waals surface area contributed by atoms with Crippen LogP contribution in [-0.4, -0.2) is 47.3 Å².